The van der Waals surface area contributed by atoms with Crippen molar-refractivity contribution in [2.24, 2.45) is 0 Å². The van der Waals surface area contributed by atoms with Gasteiger partial charge in [0.1, 0.15) is 5.82 Å². The van der Waals surface area contributed by atoms with Gasteiger partial charge in [-0.1, -0.05) is 6.07 Å². The second kappa shape index (κ2) is 3.68. The molecule has 0 unspecified atom stereocenters. The Labute approximate surface area is 100 Å². The molecule has 1 saturated heterocycles. The highest BCUT2D eigenvalue weighted by atomic mass is 19.1. The van der Waals surface area contributed by atoms with Gasteiger partial charge in [0.05, 0.1) is 11.2 Å². The molecule has 1 aromatic heterocycles. The van der Waals surface area contributed by atoms with Gasteiger partial charge in [-0.2, -0.15) is 4.39 Å². The lowest BCUT2D eigenvalue weighted by Gasteiger charge is -2.32. The standard InChI is InChI=1S/C11H16BFN2O2/c1-10(2)11(3,4)17-12(16-10)7-5-6-8(13)15-9(7)14/h5-6H,1-4H3,(H2,14,15). The maximum absolute atomic E-state index is 12.9. The number of nitrogens with two attached hydrogens (primary N) is 1. The highest BCUT2D eigenvalue weighted by Gasteiger charge is 2.52. The minimum atomic E-state index is -0.609. The van der Waals surface area contributed by atoms with Crippen molar-refractivity contribution in [1.29, 1.82) is 0 Å². The first-order valence-corrected chi connectivity index (χ1v) is 5.50. The van der Waals surface area contributed by atoms with E-state index >= 15 is 0 Å². The molecule has 4 nitrogen and oxygen atoms in total. The molecule has 1 aliphatic heterocycles. The van der Waals surface area contributed by atoms with Crippen LogP contribution in [0.15, 0.2) is 12.1 Å². The molecule has 0 atom stereocenters. The summed E-state index contributed by atoms with van der Waals surface area (Å²) in [4.78, 5) is 3.56. The summed E-state index contributed by atoms with van der Waals surface area (Å²) in [6.07, 6.45) is 0. The Morgan fingerprint density at radius 3 is 2.18 bits per heavy atom. The summed E-state index contributed by atoms with van der Waals surface area (Å²) in [5.41, 5.74) is 5.34. The molecule has 0 aliphatic carbocycles. The van der Waals surface area contributed by atoms with Crippen LogP contribution >= 0.6 is 0 Å². The van der Waals surface area contributed by atoms with Crippen molar-refractivity contribution < 1.29 is 13.7 Å². The third-order valence-corrected chi connectivity index (χ3v) is 3.43. The Balaban J connectivity index is 2.32. The molecule has 0 radical (unpaired) electrons. The highest BCUT2D eigenvalue weighted by molar-refractivity contribution is 6.63. The van der Waals surface area contributed by atoms with Crippen LogP contribution in [0.4, 0.5) is 10.2 Å². The fourth-order valence-corrected chi connectivity index (χ4v) is 1.63. The SMILES string of the molecule is CC1(C)OB(c2ccc(F)nc2N)OC1(C)C. The summed E-state index contributed by atoms with van der Waals surface area (Å²) < 4.78 is 24.5. The van der Waals surface area contributed by atoms with Crippen LogP contribution in [-0.4, -0.2) is 23.3 Å². The van der Waals surface area contributed by atoms with E-state index in [-0.39, 0.29) is 5.82 Å². The second-order valence-corrected chi connectivity index (χ2v) is 5.20. The number of nitrogens with zero attached hydrogens (tertiary/aromatic N) is 1. The molecule has 92 valence electrons. The predicted octanol–water partition coefficient (Wildman–Crippen LogP) is 1.10. The lowest BCUT2D eigenvalue weighted by atomic mass is 9.79. The van der Waals surface area contributed by atoms with E-state index in [9.17, 15) is 4.39 Å². The Hall–Kier alpha value is -1.14. The van der Waals surface area contributed by atoms with Gasteiger partial charge in [0.15, 0.2) is 0 Å². The van der Waals surface area contributed by atoms with Crippen molar-refractivity contribution in [3.05, 3.63) is 18.1 Å². The van der Waals surface area contributed by atoms with E-state index in [1.165, 1.54) is 6.07 Å². The van der Waals surface area contributed by atoms with E-state index in [4.69, 9.17) is 15.0 Å². The maximum atomic E-state index is 12.9. The Morgan fingerprint density at radius 1 is 1.18 bits per heavy atom. The van der Waals surface area contributed by atoms with E-state index in [1.807, 2.05) is 27.7 Å². The lowest BCUT2D eigenvalue weighted by molar-refractivity contribution is 0.00578. The van der Waals surface area contributed by atoms with Gasteiger partial charge in [-0.05, 0) is 33.8 Å². The number of aromatic nitrogens is 1. The van der Waals surface area contributed by atoms with E-state index in [1.54, 1.807) is 6.07 Å². The van der Waals surface area contributed by atoms with Crippen LogP contribution in [0.3, 0.4) is 0 Å². The number of pyridine rings is 1. The maximum Gasteiger partial charge on any atom is 0.498 e. The number of halogens is 1. The Kier molecular flexibility index (Phi) is 2.67. The number of hydrogen-bond donors (Lipinski definition) is 1. The number of anilines is 1. The Bertz CT molecular complexity index is 435. The molecular weight excluding hydrogens is 222 g/mol. The minimum Gasteiger partial charge on any atom is -0.399 e. The van der Waals surface area contributed by atoms with Crippen LogP contribution in [0.1, 0.15) is 27.7 Å². The molecule has 1 aromatic rings. The monoisotopic (exact) mass is 238 g/mol. The van der Waals surface area contributed by atoms with Gasteiger partial charge >= 0.3 is 7.12 Å². The summed E-state index contributed by atoms with van der Waals surface area (Å²) >= 11 is 0. The summed E-state index contributed by atoms with van der Waals surface area (Å²) in [5, 5.41) is 0. The quantitative estimate of drug-likeness (QED) is 0.588. The molecule has 0 bridgehead atoms. The molecular formula is C11H16BFN2O2. The van der Waals surface area contributed by atoms with Crippen LogP contribution in [-0.2, 0) is 9.31 Å². The van der Waals surface area contributed by atoms with Crippen LogP contribution in [0.25, 0.3) is 0 Å². The molecule has 1 fully saturated rings. The van der Waals surface area contributed by atoms with Crippen molar-refractivity contribution >= 4 is 18.4 Å². The number of rotatable bonds is 1. The van der Waals surface area contributed by atoms with Gasteiger partial charge in [-0.3, -0.25) is 0 Å². The van der Waals surface area contributed by atoms with Gasteiger partial charge in [0, 0.05) is 5.46 Å². The summed E-state index contributed by atoms with van der Waals surface area (Å²) in [6, 6.07) is 2.79. The summed E-state index contributed by atoms with van der Waals surface area (Å²) in [5.74, 6) is -0.508. The fraction of sp³-hybridized carbons (Fsp3) is 0.545. The van der Waals surface area contributed by atoms with E-state index < -0.39 is 24.3 Å². The van der Waals surface area contributed by atoms with Crippen molar-refractivity contribution in [2.75, 3.05) is 5.73 Å². The van der Waals surface area contributed by atoms with Crippen molar-refractivity contribution in [3.63, 3.8) is 0 Å². The van der Waals surface area contributed by atoms with E-state index in [0.717, 1.165) is 0 Å². The minimum absolute atomic E-state index is 0.100. The average Bonchev–Trinajstić information content (AvgIpc) is 2.35. The molecule has 2 N–H and O–H groups in total. The molecule has 1 aliphatic rings. The average molecular weight is 238 g/mol. The second-order valence-electron chi connectivity index (χ2n) is 5.20. The molecule has 17 heavy (non-hydrogen) atoms. The largest absolute Gasteiger partial charge is 0.498 e. The van der Waals surface area contributed by atoms with Crippen molar-refractivity contribution in [3.8, 4) is 0 Å². The highest BCUT2D eigenvalue weighted by Crippen LogP contribution is 2.36. The zero-order valence-electron chi connectivity index (χ0n) is 10.5. The molecule has 0 aromatic carbocycles. The first-order chi connectivity index (χ1) is 7.73. The zero-order valence-corrected chi connectivity index (χ0v) is 10.5. The predicted molar refractivity (Wildman–Crippen MR) is 64.3 cm³/mol. The molecule has 0 saturated carbocycles. The fourth-order valence-electron chi connectivity index (χ4n) is 1.63. The zero-order chi connectivity index (χ0) is 12.8. The topological polar surface area (TPSA) is 57.4 Å². The Morgan fingerprint density at radius 2 is 1.71 bits per heavy atom. The molecule has 0 amide bonds. The van der Waals surface area contributed by atoms with E-state index in [2.05, 4.69) is 4.98 Å². The lowest BCUT2D eigenvalue weighted by Crippen LogP contribution is -2.41. The van der Waals surface area contributed by atoms with E-state index in [0.29, 0.717) is 5.46 Å². The third-order valence-electron chi connectivity index (χ3n) is 3.43. The van der Waals surface area contributed by atoms with Gasteiger partial charge in [0.25, 0.3) is 0 Å². The van der Waals surface area contributed by atoms with Crippen LogP contribution < -0.4 is 11.2 Å². The molecule has 2 rings (SSSR count). The summed E-state index contributed by atoms with van der Waals surface area (Å²) in [6.45, 7) is 7.78. The van der Waals surface area contributed by atoms with Gasteiger partial charge in [-0.15, -0.1) is 0 Å². The van der Waals surface area contributed by atoms with Gasteiger partial charge in [-0.25, -0.2) is 4.98 Å². The van der Waals surface area contributed by atoms with Crippen molar-refractivity contribution in [2.45, 2.75) is 38.9 Å². The third kappa shape index (κ3) is 2.02. The van der Waals surface area contributed by atoms with Gasteiger partial charge < -0.3 is 15.0 Å². The van der Waals surface area contributed by atoms with Crippen LogP contribution in [0.5, 0.6) is 0 Å². The molecule has 6 heteroatoms. The summed E-state index contributed by atoms with van der Waals surface area (Å²) in [7, 11) is -0.604. The van der Waals surface area contributed by atoms with Crippen molar-refractivity contribution in [1.82, 2.24) is 4.98 Å². The van der Waals surface area contributed by atoms with Crippen LogP contribution in [0, 0.1) is 5.95 Å². The number of nitrogen functional groups attached to an aromatic ring is 1. The first kappa shape index (κ1) is 12.3. The molecule has 0 spiro atoms. The van der Waals surface area contributed by atoms with Crippen LogP contribution in [0.2, 0.25) is 0 Å². The number of hydrogen-bond acceptors (Lipinski definition) is 4. The smallest absolute Gasteiger partial charge is 0.399 e. The molecule has 2 heterocycles. The first-order valence-electron chi connectivity index (χ1n) is 5.50. The van der Waals surface area contributed by atoms with Gasteiger partial charge in [0.2, 0.25) is 5.95 Å². The normalized spacial score (nSPS) is 21.8.